The van der Waals surface area contributed by atoms with Crippen LogP contribution in [0.1, 0.15) is 19.8 Å². The van der Waals surface area contributed by atoms with Crippen LogP contribution in [0.25, 0.3) is 0 Å². The van der Waals surface area contributed by atoms with Gasteiger partial charge in [0.25, 0.3) is 0 Å². The van der Waals surface area contributed by atoms with Crippen molar-refractivity contribution in [2.45, 2.75) is 25.8 Å². The molecule has 1 unspecified atom stereocenters. The fourth-order valence-electron chi connectivity index (χ4n) is 2.15. The molecule has 1 atom stereocenters. The summed E-state index contributed by atoms with van der Waals surface area (Å²) in [6.07, 6.45) is 2.11. The van der Waals surface area contributed by atoms with Gasteiger partial charge in [-0.2, -0.15) is 0 Å². The summed E-state index contributed by atoms with van der Waals surface area (Å²) in [5.74, 6) is 6.04. The van der Waals surface area contributed by atoms with E-state index in [1.54, 1.807) is 6.92 Å². The van der Waals surface area contributed by atoms with E-state index in [-0.39, 0.29) is 5.91 Å². The molecule has 2 rings (SSSR count). The first kappa shape index (κ1) is 15.2. The van der Waals surface area contributed by atoms with Crippen LogP contribution in [0.4, 0.5) is 11.6 Å². The van der Waals surface area contributed by atoms with E-state index in [2.05, 4.69) is 15.7 Å². The molecule has 20 heavy (non-hydrogen) atoms. The summed E-state index contributed by atoms with van der Waals surface area (Å²) in [6, 6.07) is 1.12. The first-order valence-corrected chi connectivity index (χ1v) is 7.16. The van der Waals surface area contributed by atoms with E-state index in [1.165, 1.54) is 6.07 Å². The van der Waals surface area contributed by atoms with Crippen molar-refractivity contribution in [3.05, 3.63) is 16.1 Å². The summed E-state index contributed by atoms with van der Waals surface area (Å²) in [7, 11) is 0. The largest absolute Gasteiger partial charge is 0.357 e. The van der Waals surface area contributed by atoms with Crippen LogP contribution in [0.5, 0.6) is 0 Å². The molecule has 8 heteroatoms. The molecule has 110 valence electrons. The van der Waals surface area contributed by atoms with Crippen LogP contribution in [-0.4, -0.2) is 34.9 Å². The van der Waals surface area contributed by atoms with Gasteiger partial charge in [-0.3, -0.25) is 4.79 Å². The number of carbonyl (C=O) groups excluding carboxylic acids is 1. The Morgan fingerprint density at radius 3 is 2.55 bits per heavy atom. The molecule has 1 aromatic rings. The lowest BCUT2D eigenvalue weighted by molar-refractivity contribution is -0.130. The molecule has 0 aromatic carbocycles. The molecule has 1 saturated heterocycles. The minimum absolute atomic E-state index is 0.0394. The van der Waals surface area contributed by atoms with Crippen molar-refractivity contribution in [2.24, 2.45) is 5.84 Å². The number of nitrogens with zero attached hydrogens (tertiary/aromatic N) is 2. The zero-order chi connectivity index (χ0) is 14.7. The summed E-state index contributed by atoms with van der Waals surface area (Å²) in [4.78, 5) is 18.2. The number of halogens is 2. The second-order valence-corrected chi connectivity index (χ2v) is 5.51. The Morgan fingerprint density at radius 1 is 1.35 bits per heavy atom. The molecule has 1 amide bonds. The van der Waals surface area contributed by atoms with Gasteiger partial charge in [-0.1, -0.05) is 23.2 Å². The van der Waals surface area contributed by atoms with Crippen molar-refractivity contribution in [3.63, 3.8) is 0 Å². The van der Waals surface area contributed by atoms with E-state index in [0.29, 0.717) is 21.7 Å². The summed E-state index contributed by atoms with van der Waals surface area (Å²) < 4.78 is 0. The lowest BCUT2D eigenvalue weighted by Crippen LogP contribution is -2.39. The average molecular weight is 318 g/mol. The highest BCUT2D eigenvalue weighted by atomic mass is 35.5. The van der Waals surface area contributed by atoms with Crippen LogP contribution in [-0.2, 0) is 4.79 Å². The van der Waals surface area contributed by atoms with Gasteiger partial charge in [0.05, 0.1) is 10.0 Å². The number of nitrogens with two attached hydrogens (primary N) is 1. The number of nitrogen functional groups attached to an aromatic ring is 1. The molecule has 1 aliphatic rings. The summed E-state index contributed by atoms with van der Waals surface area (Å²) in [6.45, 7) is 3.40. The molecular weight excluding hydrogens is 301 g/mol. The van der Waals surface area contributed by atoms with Crippen LogP contribution in [0.3, 0.4) is 0 Å². The third-order valence-electron chi connectivity index (χ3n) is 3.21. The van der Waals surface area contributed by atoms with Crippen LogP contribution in [0.2, 0.25) is 10.0 Å². The zero-order valence-corrected chi connectivity index (χ0v) is 12.6. The predicted molar refractivity (Wildman–Crippen MR) is 81.0 cm³/mol. The number of anilines is 2. The maximum absolute atomic E-state index is 12.2. The molecule has 1 aliphatic heterocycles. The lowest BCUT2D eigenvalue weighted by Gasteiger charge is -2.22. The third-order valence-corrected chi connectivity index (χ3v) is 3.78. The van der Waals surface area contributed by atoms with Gasteiger partial charge in [-0.25, -0.2) is 10.8 Å². The van der Waals surface area contributed by atoms with Gasteiger partial charge in [0.2, 0.25) is 5.91 Å². The molecule has 0 aliphatic carbocycles. The topological polar surface area (TPSA) is 83.3 Å². The number of hydrogen-bond donors (Lipinski definition) is 3. The molecule has 0 bridgehead atoms. The molecule has 2 heterocycles. The minimum Gasteiger partial charge on any atom is -0.357 e. The third kappa shape index (κ3) is 3.26. The SMILES string of the molecule is CC(Nc1nc(NN)c(Cl)cc1Cl)C(=O)N1CCCC1. The van der Waals surface area contributed by atoms with E-state index in [9.17, 15) is 4.79 Å². The number of carbonyl (C=O) groups is 1. The number of amides is 1. The molecule has 1 fully saturated rings. The van der Waals surface area contributed by atoms with Gasteiger partial charge in [0.15, 0.2) is 5.82 Å². The normalized spacial score (nSPS) is 16.1. The second-order valence-electron chi connectivity index (χ2n) is 4.69. The van der Waals surface area contributed by atoms with Gasteiger partial charge in [-0.15, -0.1) is 0 Å². The fourth-order valence-corrected chi connectivity index (χ4v) is 2.61. The van der Waals surface area contributed by atoms with Crippen LogP contribution < -0.4 is 16.6 Å². The highest BCUT2D eigenvalue weighted by molar-refractivity contribution is 6.37. The number of likely N-dealkylation sites (tertiary alicyclic amines) is 1. The van der Waals surface area contributed by atoms with Gasteiger partial charge < -0.3 is 15.6 Å². The molecular formula is C12H17Cl2N5O. The molecule has 0 radical (unpaired) electrons. The van der Waals surface area contributed by atoms with Crippen molar-refractivity contribution in [3.8, 4) is 0 Å². The number of pyridine rings is 1. The summed E-state index contributed by atoms with van der Waals surface area (Å²) >= 11 is 12.0. The quantitative estimate of drug-likeness (QED) is 0.585. The number of hydrogen-bond acceptors (Lipinski definition) is 5. The van der Waals surface area contributed by atoms with Crippen molar-refractivity contribution in [1.29, 1.82) is 0 Å². The van der Waals surface area contributed by atoms with Crippen LogP contribution >= 0.6 is 23.2 Å². The summed E-state index contributed by atoms with van der Waals surface area (Å²) in [5.41, 5.74) is 2.38. The Hall–Kier alpha value is -1.24. The number of hydrazine groups is 1. The van der Waals surface area contributed by atoms with Gasteiger partial charge in [-0.05, 0) is 25.8 Å². The highest BCUT2D eigenvalue weighted by Crippen LogP contribution is 2.29. The lowest BCUT2D eigenvalue weighted by atomic mass is 10.3. The number of nitrogens with one attached hydrogen (secondary N) is 2. The monoisotopic (exact) mass is 317 g/mol. The van der Waals surface area contributed by atoms with Crippen molar-refractivity contribution in [2.75, 3.05) is 23.8 Å². The Bertz CT molecular complexity index is 505. The van der Waals surface area contributed by atoms with Gasteiger partial charge in [0, 0.05) is 13.1 Å². The van der Waals surface area contributed by atoms with Crippen LogP contribution in [0, 0.1) is 0 Å². The summed E-state index contributed by atoms with van der Waals surface area (Å²) in [5, 5.41) is 3.66. The maximum Gasteiger partial charge on any atom is 0.244 e. The second kappa shape index (κ2) is 6.47. The number of aromatic nitrogens is 1. The first-order valence-electron chi connectivity index (χ1n) is 6.41. The number of rotatable bonds is 4. The van der Waals surface area contributed by atoms with E-state index in [1.807, 2.05) is 4.90 Å². The average Bonchev–Trinajstić information content (AvgIpc) is 2.94. The fraction of sp³-hybridized carbons (Fsp3) is 0.500. The van der Waals surface area contributed by atoms with Crippen molar-refractivity contribution >= 4 is 40.7 Å². The van der Waals surface area contributed by atoms with Crippen molar-refractivity contribution < 1.29 is 4.79 Å². The Morgan fingerprint density at radius 2 is 1.95 bits per heavy atom. The molecule has 6 nitrogen and oxygen atoms in total. The van der Waals surface area contributed by atoms with E-state index >= 15 is 0 Å². The van der Waals surface area contributed by atoms with E-state index < -0.39 is 6.04 Å². The molecule has 0 spiro atoms. The van der Waals surface area contributed by atoms with Crippen molar-refractivity contribution in [1.82, 2.24) is 9.88 Å². The molecule has 4 N–H and O–H groups in total. The molecule has 0 saturated carbocycles. The van der Waals surface area contributed by atoms with Crippen LogP contribution in [0.15, 0.2) is 6.07 Å². The van der Waals surface area contributed by atoms with Gasteiger partial charge in [0.1, 0.15) is 11.9 Å². The Balaban J connectivity index is 2.10. The minimum atomic E-state index is -0.412. The Kier molecular flexibility index (Phi) is 4.91. The Labute approximate surface area is 127 Å². The smallest absolute Gasteiger partial charge is 0.244 e. The predicted octanol–water partition coefficient (Wildman–Crippen LogP) is 2.10. The maximum atomic E-state index is 12.2. The van der Waals surface area contributed by atoms with Gasteiger partial charge >= 0.3 is 0 Å². The van der Waals surface area contributed by atoms with E-state index in [4.69, 9.17) is 29.0 Å². The highest BCUT2D eigenvalue weighted by Gasteiger charge is 2.24. The standard InChI is InChI=1S/C12H17Cl2N5O/c1-7(12(20)19-4-2-3-5-19)16-10-8(13)6-9(14)11(17-10)18-15/h6-7H,2-5,15H2,1H3,(H2,16,17,18). The first-order chi connectivity index (χ1) is 9.52. The molecule has 1 aromatic heterocycles. The zero-order valence-electron chi connectivity index (χ0n) is 11.1. The van der Waals surface area contributed by atoms with E-state index in [0.717, 1.165) is 25.9 Å².